The van der Waals surface area contributed by atoms with Crippen LogP contribution in [-0.2, 0) is 0 Å². The first-order chi connectivity index (χ1) is 10.3. The summed E-state index contributed by atoms with van der Waals surface area (Å²) in [6.45, 7) is 0. The Kier molecular flexibility index (Phi) is 3.79. The number of phenolic OH excluding ortho intramolecular Hbond substituents is 1. The van der Waals surface area contributed by atoms with E-state index in [0.29, 0.717) is 0 Å². The van der Waals surface area contributed by atoms with E-state index in [9.17, 15) is 5.11 Å². The molecule has 3 rings (SSSR count). The lowest BCUT2D eigenvalue weighted by atomic mass is 10.0. The highest BCUT2D eigenvalue weighted by Gasteiger charge is 2.02. The van der Waals surface area contributed by atoms with Crippen LogP contribution in [0, 0.1) is 0 Å². The molecule has 0 aliphatic rings. The minimum atomic E-state index is 0.279. The van der Waals surface area contributed by atoms with Crippen LogP contribution in [0.2, 0.25) is 0 Å². The molecule has 0 aliphatic carbocycles. The molecule has 0 saturated heterocycles. The van der Waals surface area contributed by atoms with E-state index in [4.69, 9.17) is 0 Å². The molecule has 2 heteroatoms. The van der Waals surface area contributed by atoms with Crippen LogP contribution in [0.5, 0.6) is 5.75 Å². The summed E-state index contributed by atoms with van der Waals surface area (Å²) in [4.78, 5) is 4.41. The van der Waals surface area contributed by atoms with E-state index in [2.05, 4.69) is 23.2 Å². The van der Waals surface area contributed by atoms with Gasteiger partial charge in [0.1, 0.15) is 5.75 Å². The lowest BCUT2D eigenvalue weighted by Gasteiger charge is -2.05. The monoisotopic (exact) mass is 273 g/mol. The zero-order chi connectivity index (χ0) is 14.5. The van der Waals surface area contributed by atoms with Gasteiger partial charge in [0, 0.05) is 11.8 Å². The third-order valence-corrected chi connectivity index (χ3v) is 3.25. The molecule has 0 fully saturated rings. The van der Waals surface area contributed by atoms with Crippen LogP contribution in [0.4, 0.5) is 0 Å². The first kappa shape index (κ1) is 13.1. The van der Waals surface area contributed by atoms with Crippen LogP contribution >= 0.6 is 0 Å². The number of phenols is 1. The molecule has 0 saturated carbocycles. The molecule has 0 unspecified atom stereocenters. The van der Waals surface area contributed by atoms with Gasteiger partial charge in [-0.3, -0.25) is 4.98 Å². The van der Waals surface area contributed by atoms with Gasteiger partial charge in [0.15, 0.2) is 0 Å². The molecule has 0 atom stereocenters. The maximum Gasteiger partial charge on any atom is 0.115 e. The highest BCUT2D eigenvalue weighted by molar-refractivity contribution is 5.79. The Balaban J connectivity index is 1.94. The number of rotatable bonds is 3. The number of aromatic nitrogens is 1. The van der Waals surface area contributed by atoms with E-state index >= 15 is 0 Å². The molecule has 21 heavy (non-hydrogen) atoms. The van der Waals surface area contributed by atoms with Crippen LogP contribution in [0.25, 0.3) is 23.4 Å². The molecule has 3 aromatic rings. The van der Waals surface area contributed by atoms with E-state index in [1.807, 2.05) is 48.5 Å². The van der Waals surface area contributed by atoms with E-state index in [-0.39, 0.29) is 5.75 Å². The summed E-state index contributed by atoms with van der Waals surface area (Å²) in [5, 5.41) is 9.30. The smallest absolute Gasteiger partial charge is 0.115 e. The minimum absolute atomic E-state index is 0.279. The van der Waals surface area contributed by atoms with Crippen molar-refractivity contribution in [2.75, 3.05) is 0 Å². The Morgan fingerprint density at radius 2 is 1.52 bits per heavy atom. The number of pyridine rings is 1. The molecule has 2 nitrogen and oxygen atoms in total. The van der Waals surface area contributed by atoms with E-state index in [0.717, 1.165) is 22.4 Å². The third kappa shape index (κ3) is 3.18. The lowest BCUT2D eigenvalue weighted by Crippen LogP contribution is -1.85. The van der Waals surface area contributed by atoms with Gasteiger partial charge in [-0.2, -0.15) is 0 Å². The standard InChI is InChI=1S/C19H15NO/c21-17-12-9-15(10-13-17)8-11-16-5-1-2-6-18(16)19-7-3-4-14-20-19/h1-14,21H/b11-8+. The van der Waals surface area contributed by atoms with Gasteiger partial charge in [-0.25, -0.2) is 0 Å². The lowest BCUT2D eigenvalue weighted by molar-refractivity contribution is 0.475. The second-order valence-corrected chi connectivity index (χ2v) is 4.73. The first-order valence-electron chi connectivity index (χ1n) is 6.80. The van der Waals surface area contributed by atoms with E-state index < -0.39 is 0 Å². The Labute approximate surface area is 124 Å². The Bertz CT molecular complexity index is 746. The summed E-state index contributed by atoms with van der Waals surface area (Å²) >= 11 is 0. The zero-order valence-electron chi connectivity index (χ0n) is 11.5. The van der Waals surface area contributed by atoms with Gasteiger partial charge in [0.2, 0.25) is 0 Å². The van der Waals surface area contributed by atoms with Crippen molar-refractivity contribution in [3.63, 3.8) is 0 Å². The Morgan fingerprint density at radius 1 is 0.762 bits per heavy atom. The second-order valence-electron chi connectivity index (χ2n) is 4.73. The van der Waals surface area contributed by atoms with Crippen molar-refractivity contribution in [1.82, 2.24) is 4.98 Å². The number of hydrogen-bond donors (Lipinski definition) is 1. The Hall–Kier alpha value is -2.87. The van der Waals surface area contributed by atoms with Crippen LogP contribution in [0.1, 0.15) is 11.1 Å². The molecular weight excluding hydrogens is 258 g/mol. The summed E-state index contributed by atoms with van der Waals surface area (Å²) in [6, 6.07) is 21.2. The SMILES string of the molecule is Oc1ccc(/C=C/c2ccccc2-c2ccccn2)cc1. The molecule has 1 heterocycles. The molecule has 0 radical (unpaired) electrons. The number of benzene rings is 2. The molecule has 102 valence electrons. The fraction of sp³-hybridized carbons (Fsp3) is 0. The van der Waals surface area contributed by atoms with Crippen molar-refractivity contribution in [2.45, 2.75) is 0 Å². The van der Waals surface area contributed by atoms with Crippen molar-refractivity contribution in [1.29, 1.82) is 0 Å². The van der Waals surface area contributed by atoms with Crippen molar-refractivity contribution >= 4 is 12.2 Å². The van der Waals surface area contributed by atoms with Gasteiger partial charge in [-0.1, -0.05) is 54.6 Å². The molecule has 0 spiro atoms. The molecule has 0 aliphatic heterocycles. The Morgan fingerprint density at radius 3 is 2.29 bits per heavy atom. The molecule has 1 N–H and O–H groups in total. The van der Waals surface area contributed by atoms with Gasteiger partial charge in [0.25, 0.3) is 0 Å². The maximum atomic E-state index is 9.30. The summed E-state index contributed by atoms with van der Waals surface area (Å²) in [5.74, 6) is 0.279. The predicted molar refractivity (Wildman–Crippen MR) is 86.7 cm³/mol. The van der Waals surface area contributed by atoms with Crippen LogP contribution < -0.4 is 0 Å². The fourth-order valence-electron chi connectivity index (χ4n) is 2.17. The maximum absolute atomic E-state index is 9.30. The summed E-state index contributed by atoms with van der Waals surface area (Å²) in [7, 11) is 0. The number of nitrogens with zero attached hydrogens (tertiary/aromatic N) is 1. The van der Waals surface area contributed by atoms with E-state index in [1.54, 1.807) is 18.3 Å². The van der Waals surface area contributed by atoms with Crippen LogP contribution in [0.15, 0.2) is 72.9 Å². The largest absolute Gasteiger partial charge is 0.508 e. The first-order valence-corrected chi connectivity index (χ1v) is 6.80. The van der Waals surface area contributed by atoms with Crippen molar-refractivity contribution in [2.24, 2.45) is 0 Å². The molecule has 0 bridgehead atoms. The summed E-state index contributed by atoms with van der Waals surface area (Å²) < 4.78 is 0. The molecular formula is C19H15NO. The van der Waals surface area contributed by atoms with Gasteiger partial charge < -0.3 is 5.11 Å². The van der Waals surface area contributed by atoms with Gasteiger partial charge in [-0.05, 0) is 35.4 Å². The van der Waals surface area contributed by atoms with Gasteiger partial charge in [-0.15, -0.1) is 0 Å². The van der Waals surface area contributed by atoms with Crippen molar-refractivity contribution in [3.8, 4) is 17.0 Å². The molecule has 0 amide bonds. The minimum Gasteiger partial charge on any atom is -0.508 e. The zero-order valence-corrected chi connectivity index (χ0v) is 11.5. The highest BCUT2D eigenvalue weighted by atomic mass is 16.3. The van der Waals surface area contributed by atoms with Crippen molar-refractivity contribution in [3.05, 3.63) is 84.1 Å². The number of hydrogen-bond acceptors (Lipinski definition) is 2. The number of aromatic hydroxyl groups is 1. The fourth-order valence-corrected chi connectivity index (χ4v) is 2.17. The van der Waals surface area contributed by atoms with Gasteiger partial charge in [0.05, 0.1) is 5.69 Å². The highest BCUT2D eigenvalue weighted by Crippen LogP contribution is 2.23. The molecule has 2 aromatic carbocycles. The van der Waals surface area contributed by atoms with Crippen LogP contribution in [0.3, 0.4) is 0 Å². The molecule has 1 aromatic heterocycles. The van der Waals surface area contributed by atoms with Gasteiger partial charge >= 0.3 is 0 Å². The predicted octanol–water partition coefficient (Wildman–Crippen LogP) is 4.62. The third-order valence-electron chi connectivity index (χ3n) is 3.25. The van der Waals surface area contributed by atoms with Crippen LogP contribution in [-0.4, -0.2) is 10.1 Å². The van der Waals surface area contributed by atoms with Crippen molar-refractivity contribution < 1.29 is 5.11 Å². The normalized spacial score (nSPS) is 10.9. The topological polar surface area (TPSA) is 33.1 Å². The second kappa shape index (κ2) is 6.06. The average molecular weight is 273 g/mol. The summed E-state index contributed by atoms with van der Waals surface area (Å²) in [5.41, 5.74) is 4.23. The summed E-state index contributed by atoms with van der Waals surface area (Å²) in [6.07, 6.45) is 5.90. The van der Waals surface area contributed by atoms with E-state index in [1.165, 1.54) is 0 Å². The quantitative estimate of drug-likeness (QED) is 0.706. The average Bonchev–Trinajstić information content (AvgIpc) is 2.55.